The summed E-state index contributed by atoms with van der Waals surface area (Å²) in [7, 11) is 3.98. The van der Waals surface area contributed by atoms with Gasteiger partial charge in [0, 0.05) is 18.4 Å². The summed E-state index contributed by atoms with van der Waals surface area (Å²) in [5.74, 6) is -0.454. The summed E-state index contributed by atoms with van der Waals surface area (Å²) >= 11 is 0. The first-order chi connectivity index (χ1) is 13.9. The Hall–Kier alpha value is -3.19. The molecule has 0 aliphatic carbocycles. The summed E-state index contributed by atoms with van der Waals surface area (Å²) in [6.07, 6.45) is 2.58. The van der Waals surface area contributed by atoms with Crippen molar-refractivity contribution in [1.82, 2.24) is 19.6 Å². The van der Waals surface area contributed by atoms with Crippen molar-refractivity contribution in [3.05, 3.63) is 65.2 Å². The number of benzene rings is 1. The molecule has 1 aromatic carbocycles. The van der Waals surface area contributed by atoms with Crippen LogP contribution in [0.2, 0.25) is 0 Å². The molecule has 2 amide bonds. The Bertz CT molecular complexity index is 1040. The van der Waals surface area contributed by atoms with E-state index in [-0.39, 0.29) is 23.3 Å². The standard InChI is InChI=1S/C22H27N5O2/c1-15-9-7-10-17(16(15)2)24-22(29)20-25-19(18-11-5-6-14-27(18)20)21(28)23-12-8-13-26(3)4/h5-7,9-11,14H,8,12-13H2,1-4H3,(H,23,28)(H,24,29). The first-order valence-electron chi connectivity index (χ1n) is 9.66. The van der Waals surface area contributed by atoms with E-state index in [2.05, 4.69) is 20.5 Å². The van der Waals surface area contributed by atoms with Gasteiger partial charge in [-0.05, 0) is 70.2 Å². The number of amides is 2. The van der Waals surface area contributed by atoms with Gasteiger partial charge in [-0.25, -0.2) is 4.98 Å². The Balaban J connectivity index is 1.84. The van der Waals surface area contributed by atoms with Crippen molar-refractivity contribution in [3.8, 4) is 0 Å². The van der Waals surface area contributed by atoms with Crippen LogP contribution in [0.25, 0.3) is 5.52 Å². The smallest absolute Gasteiger partial charge is 0.292 e. The van der Waals surface area contributed by atoms with Gasteiger partial charge in [-0.2, -0.15) is 0 Å². The lowest BCUT2D eigenvalue weighted by Gasteiger charge is -2.09. The van der Waals surface area contributed by atoms with Crippen LogP contribution < -0.4 is 10.6 Å². The van der Waals surface area contributed by atoms with Gasteiger partial charge in [0.05, 0.1) is 5.52 Å². The number of hydrogen-bond acceptors (Lipinski definition) is 4. The van der Waals surface area contributed by atoms with E-state index < -0.39 is 0 Å². The third-order valence-corrected chi connectivity index (χ3v) is 4.89. The Kier molecular flexibility index (Phi) is 6.29. The number of hydrogen-bond donors (Lipinski definition) is 2. The summed E-state index contributed by atoms with van der Waals surface area (Å²) in [4.78, 5) is 32.0. The minimum absolute atomic E-state index is 0.181. The molecule has 0 saturated heterocycles. The number of anilines is 1. The van der Waals surface area contributed by atoms with Crippen LogP contribution in [0, 0.1) is 13.8 Å². The summed E-state index contributed by atoms with van der Waals surface area (Å²) in [6, 6.07) is 11.2. The molecule has 0 bridgehead atoms. The number of rotatable bonds is 7. The molecular formula is C22H27N5O2. The minimum Gasteiger partial charge on any atom is -0.351 e. The monoisotopic (exact) mass is 393 g/mol. The van der Waals surface area contributed by atoms with Crippen molar-refractivity contribution < 1.29 is 9.59 Å². The van der Waals surface area contributed by atoms with Crippen molar-refractivity contribution in [3.63, 3.8) is 0 Å². The molecule has 2 N–H and O–H groups in total. The molecule has 2 aromatic heterocycles. The number of fused-ring (bicyclic) bond motifs is 1. The number of nitrogens with one attached hydrogen (secondary N) is 2. The van der Waals surface area contributed by atoms with Gasteiger partial charge in [0.25, 0.3) is 11.8 Å². The second kappa shape index (κ2) is 8.87. The SMILES string of the molecule is Cc1cccc(NC(=O)c2nc(C(=O)NCCCN(C)C)c3ccccn23)c1C. The molecule has 0 saturated carbocycles. The van der Waals surface area contributed by atoms with Gasteiger partial charge in [-0.3, -0.25) is 14.0 Å². The predicted octanol–water partition coefficient (Wildman–Crippen LogP) is 2.88. The number of nitrogens with zero attached hydrogens (tertiary/aromatic N) is 3. The summed E-state index contributed by atoms with van der Waals surface area (Å²) in [6.45, 7) is 5.39. The lowest BCUT2D eigenvalue weighted by atomic mass is 10.1. The molecule has 29 heavy (non-hydrogen) atoms. The average Bonchev–Trinajstić information content (AvgIpc) is 3.08. The van der Waals surface area contributed by atoms with Gasteiger partial charge >= 0.3 is 0 Å². The average molecular weight is 393 g/mol. The van der Waals surface area contributed by atoms with Crippen LogP contribution in [0.3, 0.4) is 0 Å². The van der Waals surface area contributed by atoms with E-state index in [1.807, 2.05) is 58.3 Å². The van der Waals surface area contributed by atoms with Crippen LogP contribution in [0.4, 0.5) is 5.69 Å². The highest BCUT2D eigenvalue weighted by Crippen LogP contribution is 2.20. The van der Waals surface area contributed by atoms with Gasteiger partial charge < -0.3 is 15.5 Å². The third kappa shape index (κ3) is 4.63. The highest BCUT2D eigenvalue weighted by molar-refractivity contribution is 6.06. The summed E-state index contributed by atoms with van der Waals surface area (Å²) in [5, 5.41) is 5.81. The van der Waals surface area contributed by atoms with Crippen molar-refractivity contribution in [2.75, 3.05) is 32.5 Å². The Morgan fingerprint density at radius 2 is 1.86 bits per heavy atom. The van der Waals surface area contributed by atoms with Crippen LogP contribution in [0.15, 0.2) is 42.6 Å². The maximum Gasteiger partial charge on any atom is 0.292 e. The van der Waals surface area contributed by atoms with E-state index in [9.17, 15) is 9.59 Å². The molecule has 0 fully saturated rings. The maximum atomic E-state index is 12.9. The van der Waals surface area contributed by atoms with E-state index in [1.54, 1.807) is 16.7 Å². The molecule has 0 aliphatic rings. The lowest BCUT2D eigenvalue weighted by molar-refractivity contribution is 0.0949. The lowest BCUT2D eigenvalue weighted by Crippen LogP contribution is -2.27. The maximum absolute atomic E-state index is 12.9. The van der Waals surface area contributed by atoms with Crippen LogP contribution in [-0.4, -0.2) is 53.3 Å². The Morgan fingerprint density at radius 1 is 1.07 bits per heavy atom. The normalized spacial score (nSPS) is 11.1. The van der Waals surface area contributed by atoms with E-state index in [4.69, 9.17) is 0 Å². The first-order valence-corrected chi connectivity index (χ1v) is 9.66. The summed E-state index contributed by atoms with van der Waals surface area (Å²) in [5.41, 5.74) is 3.68. The molecule has 0 radical (unpaired) electrons. The van der Waals surface area contributed by atoms with Gasteiger partial charge in [-0.1, -0.05) is 18.2 Å². The van der Waals surface area contributed by atoms with Gasteiger partial charge in [0.2, 0.25) is 5.82 Å². The molecule has 0 atom stereocenters. The molecule has 3 aromatic rings. The zero-order valence-corrected chi connectivity index (χ0v) is 17.3. The van der Waals surface area contributed by atoms with Crippen molar-refractivity contribution in [2.45, 2.75) is 20.3 Å². The van der Waals surface area contributed by atoms with Crippen LogP contribution >= 0.6 is 0 Å². The Labute approximate surface area is 170 Å². The zero-order valence-electron chi connectivity index (χ0n) is 17.3. The number of imidazole rings is 1. The second-order valence-electron chi connectivity index (χ2n) is 7.35. The molecule has 7 heteroatoms. The molecule has 3 rings (SSSR count). The van der Waals surface area contributed by atoms with Crippen molar-refractivity contribution >= 4 is 23.0 Å². The van der Waals surface area contributed by atoms with E-state index >= 15 is 0 Å². The fourth-order valence-corrected chi connectivity index (χ4v) is 3.11. The number of aryl methyl sites for hydroxylation is 1. The van der Waals surface area contributed by atoms with Crippen LogP contribution in [0.5, 0.6) is 0 Å². The van der Waals surface area contributed by atoms with Crippen molar-refractivity contribution in [2.24, 2.45) is 0 Å². The molecule has 152 valence electrons. The van der Waals surface area contributed by atoms with E-state index in [0.717, 1.165) is 29.8 Å². The van der Waals surface area contributed by atoms with Gasteiger partial charge in [0.1, 0.15) is 0 Å². The van der Waals surface area contributed by atoms with Gasteiger partial charge in [-0.15, -0.1) is 0 Å². The van der Waals surface area contributed by atoms with Crippen LogP contribution in [0.1, 0.15) is 38.7 Å². The molecule has 0 aliphatic heterocycles. The number of carbonyl (C=O) groups excluding carboxylic acids is 2. The fourth-order valence-electron chi connectivity index (χ4n) is 3.11. The number of aromatic nitrogens is 2. The topological polar surface area (TPSA) is 78.7 Å². The third-order valence-electron chi connectivity index (χ3n) is 4.89. The second-order valence-corrected chi connectivity index (χ2v) is 7.35. The quantitative estimate of drug-likeness (QED) is 0.605. The molecule has 7 nitrogen and oxygen atoms in total. The largest absolute Gasteiger partial charge is 0.351 e. The highest BCUT2D eigenvalue weighted by atomic mass is 16.2. The highest BCUT2D eigenvalue weighted by Gasteiger charge is 2.21. The number of carbonyl (C=O) groups is 2. The minimum atomic E-state index is -0.355. The fraction of sp³-hybridized carbons (Fsp3) is 0.318. The number of pyridine rings is 1. The zero-order chi connectivity index (χ0) is 21.0. The molecular weight excluding hydrogens is 366 g/mol. The van der Waals surface area contributed by atoms with Gasteiger partial charge in [0.15, 0.2) is 5.69 Å². The Morgan fingerprint density at radius 3 is 2.62 bits per heavy atom. The molecule has 0 unspecified atom stereocenters. The van der Waals surface area contributed by atoms with Crippen LogP contribution in [-0.2, 0) is 0 Å². The molecule has 0 spiro atoms. The molecule has 2 heterocycles. The summed E-state index contributed by atoms with van der Waals surface area (Å²) < 4.78 is 1.65. The predicted molar refractivity (Wildman–Crippen MR) is 115 cm³/mol. The van der Waals surface area contributed by atoms with E-state index in [0.29, 0.717) is 12.1 Å². The van der Waals surface area contributed by atoms with E-state index in [1.165, 1.54) is 0 Å². The first kappa shape index (κ1) is 20.5. The van der Waals surface area contributed by atoms with Crippen molar-refractivity contribution in [1.29, 1.82) is 0 Å².